The fourth-order valence-electron chi connectivity index (χ4n) is 2.51. The normalized spacial score (nSPS) is 12.0. The van der Waals surface area contributed by atoms with Crippen LogP contribution in [0.15, 0.2) is 44.2 Å². The summed E-state index contributed by atoms with van der Waals surface area (Å²) >= 11 is 0. The summed E-state index contributed by atoms with van der Waals surface area (Å²) in [6.07, 6.45) is 4.99. The van der Waals surface area contributed by atoms with E-state index in [0.717, 1.165) is 5.56 Å². The summed E-state index contributed by atoms with van der Waals surface area (Å²) in [6, 6.07) is 6.96. The summed E-state index contributed by atoms with van der Waals surface area (Å²) < 4.78 is 45.9. The molecule has 0 spiro atoms. The Bertz CT molecular complexity index is 1130. The second-order valence-electron chi connectivity index (χ2n) is 6.98. The first-order valence-corrected chi connectivity index (χ1v) is 11.0. The van der Waals surface area contributed by atoms with Crippen LogP contribution in [0, 0.1) is 13.8 Å². The van der Waals surface area contributed by atoms with E-state index in [0.29, 0.717) is 29.1 Å². The van der Waals surface area contributed by atoms with Crippen LogP contribution in [-0.2, 0) is 25.6 Å². The quantitative estimate of drug-likeness (QED) is 0.341. The number of hydrogen-bond donors (Lipinski definition) is 0. The van der Waals surface area contributed by atoms with Crippen LogP contribution in [0.25, 0.3) is 12.2 Å². The molecule has 0 amide bonds. The van der Waals surface area contributed by atoms with Gasteiger partial charge < -0.3 is 18.5 Å². The lowest BCUT2D eigenvalue weighted by molar-refractivity contribution is 0.0793. The minimum Gasteiger partial charge on any atom is -0.439 e. The number of benzene rings is 1. The van der Waals surface area contributed by atoms with Crippen LogP contribution in [0.3, 0.4) is 0 Å². The highest BCUT2D eigenvalue weighted by atomic mass is 32.2. The van der Waals surface area contributed by atoms with Gasteiger partial charge in [-0.2, -0.15) is 8.42 Å². The standard InChI is InChI=1S/C21H25N3O6S/c1-15-5-8-18(9-6-15)31(25,26)28-12-11-27-14-19-16(2)23-20(30-19)10-7-17-13-22-21(29-17)24(3)4/h5-10,13H,11-12,14H2,1-4H3. The van der Waals surface area contributed by atoms with Gasteiger partial charge in [0.05, 0.1) is 30.0 Å². The van der Waals surface area contributed by atoms with Gasteiger partial charge in [-0.3, -0.25) is 4.18 Å². The van der Waals surface area contributed by atoms with E-state index in [1.807, 2.05) is 21.0 Å². The summed E-state index contributed by atoms with van der Waals surface area (Å²) in [5.74, 6) is 1.52. The van der Waals surface area contributed by atoms with Crippen molar-refractivity contribution in [1.82, 2.24) is 9.97 Å². The number of hydrogen-bond acceptors (Lipinski definition) is 9. The zero-order chi connectivity index (χ0) is 22.4. The fourth-order valence-corrected chi connectivity index (χ4v) is 3.40. The van der Waals surface area contributed by atoms with Gasteiger partial charge >= 0.3 is 0 Å². The lowest BCUT2D eigenvalue weighted by atomic mass is 10.2. The first kappa shape index (κ1) is 22.7. The van der Waals surface area contributed by atoms with Crippen LogP contribution in [0.1, 0.15) is 28.7 Å². The van der Waals surface area contributed by atoms with E-state index < -0.39 is 10.1 Å². The largest absolute Gasteiger partial charge is 0.439 e. The van der Waals surface area contributed by atoms with E-state index in [9.17, 15) is 8.42 Å². The molecule has 0 aliphatic heterocycles. The lowest BCUT2D eigenvalue weighted by Gasteiger charge is -2.06. The Morgan fingerprint density at radius 3 is 2.48 bits per heavy atom. The molecule has 0 aliphatic rings. The molecule has 166 valence electrons. The Morgan fingerprint density at radius 1 is 1.06 bits per heavy atom. The van der Waals surface area contributed by atoms with Crippen LogP contribution < -0.4 is 4.90 Å². The van der Waals surface area contributed by atoms with E-state index in [4.69, 9.17) is 17.8 Å². The molecule has 2 heterocycles. The summed E-state index contributed by atoms with van der Waals surface area (Å²) in [7, 11) is -0.127. The number of anilines is 1. The van der Waals surface area contributed by atoms with Crippen molar-refractivity contribution in [3.63, 3.8) is 0 Å². The number of aromatic nitrogens is 2. The molecule has 0 saturated heterocycles. The van der Waals surface area contributed by atoms with Crippen molar-refractivity contribution >= 4 is 28.3 Å². The van der Waals surface area contributed by atoms with Crippen LogP contribution in [0.2, 0.25) is 0 Å². The van der Waals surface area contributed by atoms with Gasteiger partial charge in [0.15, 0.2) is 5.76 Å². The molecule has 3 rings (SSSR count). The number of aryl methyl sites for hydroxylation is 2. The monoisotopic (exact) mass is 447 g/mol. The van der Waals surface area contributed by atoms with E-state index in [1.54, 1.807) is 42.3 Å². The Morgan fingerprint density at radius 2 is 1.81 bits per heavy atom. The maximum atomic E-state index is 12.1. The van der Waals surface area contributed by atoms with Crippen LogP contribution in [0.5, 0.6) is 0 Å². The smallest absolute Gasteiger partial charge is 0.297 e. The predicted molar refractivity (Wildman–Crippen MR) is 115 cm³/mol. The predicted octanol–water partition coefficient (Wildman–Crippen LogP) is 3.44. The SMILES string of the molecule is Cc1ccc(S(=O)(=O)OCCOCc2oc(C=Cc3cnc(N(C)C)o3)nc2C)cc1. The van der Waals surface area contributed by atoms with E-state index in [-0.39, 0.29) is 24.7 Å². The second kappa shape index (κ2) is 9.90. The van der Waals surface area contributed by atoms with E-state index >= 15 is 0 Å². The molecule has 0 N–H and O–H groups in total. The second-order valence-corrected chi connectivity index (χ2v) is 8.59. The van der Waals surface area contributed by atoms with Gasteiger partial charge in [0.1, 0.15) is 12.4 Å². The molecule has 3 aromatic rings. The van der Waals surface area contributed by atoms with Gasteiger partial charge in [-0.25, -0.2) is 9.97 Å². The van der Waals surface area contributed by atoms with Crippen molar-refractivity contribution in [2.45, 2.75) is 25.3 Å². The molecule has 10 heteroatoms. The molecular weight excluding hydrogens is 422 g/mol. The average Bonchev–Trinajstić information content (AvgIpc) is 3.33. The Balaban J connectivity index is 1.47. The van der Waals surface area contributed by atoms with Crippen molar-refractivity contribution in [2.24, 2.45) is 0 Å². The minimum absolute atomic E-state index is 0.0851. The first-order valence-electron chi connectivity index (χ1n) is 9.56. The number of oxazole rings is 2. The van der Waals surface area contributed by atoms with Gasteiger partial charge in [-0.1, -0.05) is 17.7 Å². The zero-order valence-corrected chi connectivity index (χ0v) is 18.7. The molecule has 0 aliphatic carbocycles. The molecule has 0 radical (unpaired) electrons. The minimum atomic E-state index is -3.81. The molecule has 0 unspecified atom stereocenters. The molecule has 1 aromatic carbocycles. The van der Waals surface area contributed by atoms with E-state index in [1.165, 1.54) is 12.1 Å². The first-order chi connectivity index (χ1) is 14.7. The third-order valence-corrected chi connectivity index (χ3v) is 5.53. The number of nitrogens with zero attached hydrogens (tertiary/aromatic N) is 3. The Hall–Kier alpha value is -2.95. The summed E-state index contributed by atoms with van der Waals surface area (Å²) in [6.45, 7) is 3.81. The third kappa shape index (κ3) is 6.27. The highest BCUT2D eigenvalue weighted by molar-refractivity contribution is 7.86. The van der Waals surface area contributed by atoms with Gasteiger partial charge in [-0.05, 0) is 32.1 Å². The highest BCUT2D eigenvalue weighted by Crippen LogP contribution is 2.17. The van der Waals surface area contributed by atoms with Crippen molar-refractivity contribution < 1.29 is 26.2 Å². The summed E-state index contributed by atoms with van der Waals surface area (Å²) in [5, 5.41) is 0. The lowest BCUT2D eigenvalue weighted by Crippen LogP contribution is -2.11. The maximum Gasteiger partial charge on any atom is 0.297 e. The fraction of sp³-hybridized carbons (Fsp3) is 0.333. The van der Waals surface area contributed by atoms with Gasteiger partial charge in [0.25, 0.3) is 16.1 Å². The van der Waals surface area contributed by atoms with Crippen LogP contribution >= 0.6 is 0 Å². The van der Waals surface area contributed by atoms with Crippen molar-refractivity contribution in [1.29, 1.82) is 0 Å². The molecule has 0 fully saturated rings. The van der Waals surface area contributed by atoms with Crippen molar-refractivity contribution in [3.8, 4) is 0 Å². The zero-order valence-electron chi connectivity index (χ0n) is 17.9. The Labute approximate surface area is 181 Å². The molecule has 31 heavy (non-hydrogen) atoms. The molecule has 0 bridgehead atoms. The topological polar surface area (TPSA) is 108 Å². The molecule has 0 saturated carbocycles. The van der Waals surface area contributed by atoms with E-state index in [2.05, 4.69) is 9.97 Å². The van der Waals surface area contributed by atoms with Crippen molar-refractivity contribution in [3.05, 3.63) is 59.1 Å². The molecular formula is C21H25N3O6S. The molecule has 9 nitrogen and oxygen atoms in total. The average molecular weight is 448 g/mol. The van der Waals surface area contributed by atoms with Crippen LogP contribution in [0.4, 0.5) is 6.01 Å². The summed E-state index contributed by atoms with van der Waals surface area (Å²) in [4.78, 5) is 10.3. The highest BCUT2D eigenvalue weighted by Gasteiger charge is 2.15. The third-order valence-electron chi connectivity index (χ3n) is 4.20. The number of rotatable bonds is 10. The van der Waals surface area contributed by atoms with Gasteiger partial charge in [0.2, 0.25) is 5.89 Å². The Kier molecular flexibility index (Phi) is 7.26. The van der Waals surface area contributed by atoms with Gasteiger partial charge in [-0.15, -0.1) is 0 Å². The van der Waals surface area contributed by atoms with Crippen molar-refractivity contribution in [2.75, 3.05) is 32.2 Å². The maximum absolute atomic E-state index is 12.1. The molecule has 0 atom stereocenters. The summed E-state index contributed by atoms with van der Waals surface area (Å²) in [5.41, 5.74) is 1.65. The van der Waals surface area contributed by atoms with Gasteiger partial charge in [0, 0.05) is 20.2 Å². The van der Waals surface area contributed by atoms with Crippen LogP contribution in [-0.4, -0.2) is 45.7 Å². The molecule has 2 aromatic heterocycles. The number of ether oxygens (including phenoxy) is 1.